The summed E-state index contributed by atoms with van der Waals surface area (Å²) in [5, 5.41) is 14.1. The molecule has 2 atom stereocenters. The molecule has 0 bridgehead atoms. The van der Waals surface area contributed by atoms with Gasteiger partial charge in [-0.05, 0) is 82.3 Å². The lowest BCUT2D eigenvalue weighted by atomic mass is 9.64. The van der Waals surface area contributed by atoms with Crippen LogP contribution >= 0.6 is 11.3 Å². The molecule has 1 saturated carbocycles. The van der Waals surface area contributed by atoms with Gasteiger partial charge in [-0.3, -0.25) is 10.3 Å². The number of ether oxygens (including phenoxy) is 2. The number of nitriles is 1. The predicted octanol–water partition coefficient (Wildman–Crippen LogP) is 10.0. The zero-order valence-corrected chi connectivity index (χ0v) is 34.5. The minimum Gasteiger partial charge on any atom is -0.444 e. The fraction of sp³-hybridized carbons (Fsp3) is 0.571. The molecule has 6 rings (SSSR count). The summed E-state index contributed by atoms with van der Waals surface area (Å²) in [5.74, 6) is 1.27. The number of amides is 1. The molecule has 2 aliphatic heterocycles. The average Bonchev–Trinajstić information content (AvgIpc) is 3.79. The highest BCUT2D eigenvalue weighted by atomic mass is 32.1. The van der Waals surface area contributed by atoms with Crippen LogP contribution in [0.5, 0.6) is 0 Å². The molecule has 0 spiro atoms. The van der Waals surface area contributed by atoms with Crippen molar-refractivity contribution in [2.45, 2.75) is 128 Å². The van der Waals surface area contributed by atoms with Gasteiger partial charge in [0.1, 0.15) is 28.3 Å². The number of benzene rings is 1. The van der Waals surface area contributed by atoms with Crippen molar-refractivity contribution >= 4 is 50.1 Å². The van der Waals surface area contributed by atoms with Crippen molar-refractivity contribution < 1.29 is 23.0 Å². The second kappa shape index (κ2) is 17.1. The van der Waals surface area contributed by atoms with E-state index in [0.717, 1.165) is 53.5 Å². The highest BCUT2D eigenvalue weighted by molar-refractivity contribution is 7.23. The van der Waals surface area contributed by atoms with Crippen molar-refractivity contribution in [1.82, 2.24) is 9.88 Å². The Morgan fingerprint density at radius 1 is 1.25 bits per heavy atom. The summed E-state index contributed by atoms with van der Waals surface area (Å²) in [7, 11) is 0. The van der Waals surface area contributed by atoms with Gasteiger partial charge < -0.3 is 14.4 Å². The summed E-state index contributed by atoms with van der Waals surface area (Å²) in [6.45, 7) is 26.3. The average molecular weight is 750 g/mol. The lowest BCUT2D eigenvalue weighted by Gasteiger charge is -2.40. The molecule has 3 aromatic rings. The number of nitrogens with zero attached hydrogens (tertiary/aromatic N) is 4. The number of carbonyl (C=O) groups excluding carboxylic acids is 1. The maximum atomic E-state index is 17.1. The quantitative estimate of drug-likeness (QED) is 0.206. The largest absolute Gasteiger partial charge is 0.444 e. The van der Waals surface area contributed by atoms with Crippen LogP contribution in [-0.2, 0) is 22.7 Å². The molecular formula is C42H57F2N5O3S. The number of nitrogens with one attached hydrogen (secondary N) is 1. The number of thiophene rings is 1. The van der Waals surface area contributed by atoms with E-state index in [1.54, 1.807) is 27.0 Å². The first kappa shape index (κ1) is 41.9. The molecule has 0 radical (unpaired) electrons. The van der Waals surface area contributed by atoms with E-state index in [4.69, 9.17) is 14.5 Å². The Morgan fingerprint density at radius 3 is 2.43 bits per heavy atom. The molecule has 2 aromatic heterocycles. The number of carbonyl (C=O) groups is 1. The number of likely N-dealkylation sites (tertiary alicyclic amines) is 1. The Balaban J connectivity index is 0.000000828. The zero-order chi connectivity index (χ0) is 39.4. The van der Waals surface area contributed by atoms with Crippen molar-refractivity contribution in [2.24, 2.45) is 22.2 Å². The van der Waals surface area contributed by atoms with Crippen LogP contribution in [0.15, 0.2) is 11.2 Å². The summed E-state index contributed by atoms with van der Waals surface area (Å²) in [6.07, 6.45) is 6.38. The van der Waals surface area contributed by atoms with Gasteiger partial charge in [0.05, 0.1) is 35.4 Å². The molecule has 11 heteroatoms. The molecule has 8 nitrogen and oxygen atoms in total. The van der Waals surface area contributed by atoms with E-state index >= 15 is 8.78 Å². The number of pyridine rings is 1. The van der Waals surface area contributed by atoms with Crippen LogP contribution in [-0.4, -0.2) is 40.5 Å². The van der Waals surface area contributed by atoms with Gasteiger partial charge in [-0.25, -0.2) is 18.6 Å². The summed E-state index contributed by atoms with van der Waals surface area (Å²) in [5.41, 5.74) is 2.04. The second-order valence-corrected chi connectivity index (χ2v) is 16.7. The lowest BCUT2D eigenvalue weighted by Crippen LogP contribution is -2.36. The number of fused-ring (bicyclic) bond motifs is 3. The molecular weight excluding hydrogens is 693 g/mol. The maximum Gasteiger partial charge on any atom is 0.412 e. The zero-order valence-electron chi connectivity index (χ0n) is 33.6. The van der Waals surface area contributed by atoms with Gasteiger partial charge in [0.15, 0.2) is 5.82 Å². The van der Waals surface area contributed by atoms with Gasteiger partial charge in [0.2, 0.25) is 0 Å². The summed E-state index contributed by atoms with van der Waals surface area (Å²) < 4.78 is 43.7. The second-order valence-electron chi connectivity index (χ2n) is 15.6. The first-order chi connectivity index (χ1) is 25.0. The molecule has 3 aliphatic rings. The van der Waals surface area contributed by atoms with Crippen molar-refractivity contribution in [3.8, 4) is 17.3 Å². The van der Waals surface area contributed by atoms with E-state index in [1.165, 1.54) is 19.3 Å². The molecule has 1 aliphatic carbocycles. The maximum absolute atomic E-state index is 17.1. The number of anilines is 1. The Bertz CT molecular complexity index is 2040. The fourth-order valence-corrected chi connectivity index (χ4v) is 7.91. The smallest absolute Gasteiger partial charge is 0.412 e. The number of hydrogen-bond acceptors (Lipinski definition) is 7. The predicted molar refractivity (Wildman–Crippen MR) is 213 cm³/mol. The topological polar surface area (TPSA) is 99.8 Å². The number of amidine groups is 1. The van der Waals surface area contributed by atoms with Crippen molar-refractivity contribution in [1.29, 1.82) is 5.26 Å². The van der Waals surface area contributed by atoms with Crippen LogP contribution in [0.2, 0.25) is 0 Å². The summed E-state index contributed by atoms with van der Waals surface area (Å²) >= 11 is 0.886. The lowest BCUT2D eigenvalue weighted by molar-refractivity contribution is 0.0636. The van der Waals surface area contributed by atoms with Crippen LogP contribution in [0.1, 0.15) is 125 Å². The Labute approximate surface area is 318 Å². The van der Waals surface area contributed by atoms with Crippen LogP contribution < -0.4 is 15.8 Å². The van der Waals surface area contributed by atoms with Crippen molar-refractivity contribution in [3.05, 3.63) is 45.0 Å². The molecule has 53 heavy (non-hydrogen) atoms. The van der Waals surface area contributed by atoms with Crippen LogP contribution in [0.25, 0.3) is 33.1 Å². The number of hydrogen-bond donors (Lipinski definition) is 1. The van der Waals surface area contributed by atoms with E-state index in [1.807, 2.05) is 34.6 Å². The van der Waals surface area contributed by atoms with Crippen LogP contribution in [0.3, 0.4) is 0 Å². The molecule has 2 fully saturated rings. The summed E-state index contributed by atoms with van der Waals surface area (Å²) in [4.78, 5) is 24.2. The molecule has 1 N–H and O–H groups in total. The number of halogens is 2. The van der Waals surface area contributed by atoms with Crippen molar-refractivity contribution in [2.75, 3.05) is 18.4 Å². The first-order valence-corrected chi connectivity index (χ1v) is 19.8. The van der Waals surface area contributed by atoms with Gasteiger partial charge in [0.25, 0.3) is 0 Å². The van der Waals surface area contributed by atoms with E-state index in [0.29, 0.717) is 33.8 Å². The first-order valence-electron chi connectivity index (χ1n) is 18.9. The van der Waals surface area contributed by atoms with E-state index < -0.39 is 23.3 Å². The number of rotatable bonds is 5. The van der Waals surface area contributed by atoms with Crippen LogP contribution in [0, 0.1) is 40.2 Å². The van der Waals surface area contributed by atoms with E-state index in [2.05, 4.69) is 49.0 Å². The highest BCUT2D eigenvalue weighted by Gasteiger charge is 2.49. The Kier molecular flexibility index (Phi) is 13.5. The molecule has 1 saturated heterocycles. The van der Waals surface area contributed by atoms with Gasteiger partial charge in [-0.1, -0.05) is 60.5 Å². The highest BCUT2D eigenvalue weighted by Crippen LogP contribution is 2.51. The third-order valence-corrected chi connectivity index (χ3v) is 11.6. The monoisotopic (exact) mass is 749 g/mol. The van der Waals surface area contributed by atoms with Gasteiger partial charge in [-0.15, -0.1) is 11.3 Å². The molecule has 2 unspecified atom stereocenters. The fourth-order valence-electron chi connectivity index (χ4n) is 6.87. The third kappa shape index (κ3) is 8.76. The number of aliphatic imine (C=N–C) groups is 1. The Hall–Kier alpha value is -3.88. The molecule has 288 valence electrons. The number of aromatic nitrogens is 1. The minimum atomic E-state index is -0.785. The van der Waals surface area contributed by atoms with Gasteiger partial charge in [0, 0.05) is 40.7 Å². The summed E-state index contributed by atoms with van der Waals surface area (Å²) in [6, 6.07) is 2.09. The normalized spacial score (nSPS) is 20.1. The SMILES string of the molecule is CC.CCC(C)=c1c(F)c(-c2ncc(F)c3sc(NC(=O)OC(C)(C)C)c(C#N)c23)c2c(/c1=C/N=C(C)N1CC3CCC3(C)C1)COC2.CCC(C)C. The molecule has 1 amide bonds. The van der Waals surface area contributed by atoms with Gasteiger partial charge in [-0.2, -0.15) is 5.26 Å². The third-order valence-electron chi connectivity index (χ3n) is 10.5. The van der Waals surface area contributed by atoms with Crippen molar-refractivity contribution in [3.63, 3.8) is 0 Å². The van der Waals surface area contributed by atoms with E-state index in [9.17, 15) is 10.1 Å². The minimum absolute atomic E-state index is 0.0122. The standard InChI is InChI=1S/C35H39F2N5O3S.C5H12.C2H6/c1-8-18(2)26-22(12-39-19(3)42-14-20-9-10-35(20,7)17-42)23-15-44-16-24(23)27(29(26)37)30-28-21(11-38)32(41-33(43)45-34(4,5)6)46-31(28)25(36)13-40-30;1-4-5(2)3;1-2/h12-13,20H,8-10,14-17H2,1-7H3,(H,41,43);5H,4H2,1-3H3;1-2H3/b22-12-,26-18?,39-19?;;. The molecule has 4 heterocycles. The van der Waals surface area contributed by atoms with E-state index in [-0.39, 0.29) is 45.1 Å². The van der Waals surface area contributed by atoms with Crippen LogP contribution in [0.4, 0.5) is 18.6 Å². The van der Waals surface area contributed by atoms with Gasteiger partial charge >= 0.3 is 6.09 Å². The molecule has 1 aromatic carbocycles. The Morgan fingerprint density at radius 2 is 1.91 bits per heavy atom.